The van der Waals surface area contributed by atoms with Crippen molar-refractivity contribution in [1.82, 2.24) is 34.9 Å². The molecular weight excluding hydrogens is 386 g/mol. The quantitative estimate of drug-likeness (QED) is 0.433. The van der Waals surface area contributed by atoms with Gasteiger partial charge in [0.05, 0.1) is 30.8 Å². The van der Waals surface area contributed by atoms with Gasteiger partial charge in [-0.25, -0.2) is 9.50 Å². The number of carbonyl (C=O) groups is 1. The Morgan fingerprint density at radius 2 is 2.10 bits per heavy atom. The smallest absolute Gasteiger partial charge is 0.271 e. The number of hydrogen-bond acceptors (Lipinski definition) is 8. The molecule has 3 aromatic heterocycles. The lowest BCUT2D eigenvalue weighted by molar-refractivity contribution is 0.0815. The van der Waals surface area contributed by atoms with E-state index in [4.69, 9.17) is 4.74 Å². The number of anilines is 3. The van der Waals surface area contributed by atoms with E-state index < -0.39 is 0 Å². The van der Waals surface area contributed by atoms with Gasteiger partial charge in [0.1, 0.15) is 11.0 Å². The monoisotopic (exact) mass is 407 g/mol. The second-order valence-electron chi connectivity index (χ2n) is 7.29. The molecule has 4 aromatic rings. The Morgan fingerprint density at radius 1 is 1.23 bits per heavy atom. The summed E-state index contributed by atoms with van der Waals surface area (Å²) in [4.78, 5) is 18.7. The molecule has 1 aromatic carbocycles. The maximum absolute atomic E-state index is 12.8. The molecule has 1 atom stereocenters. The van der Waals surface area contributed by atoms with Crippen LogP contribution in [-0.4, -0.2) is 55.2 Å². The largest absolute Gasteiger partial charge is 0.385 e. The summed E-state index contributed by atoms with van der Waals surface area (Å²) in [6, 6.07) is 5.58. The van der Waals surface area contributed by atoms with E-state index in [1.54, 1.807) is 14.1 Å². The topological polar surface area (TPSA) is 123 Å². The molecule has 154 valence electrons. The van der Waals surface area contributed by atoms with Gasteiger partial charge in [0.25, 0.3) is 5.91 Å². The highest BCUT2D eigenvalue weighted by Gasteiger charge is 2.20. The molecule has 0 saturated carbocycles. The van der Waals surface area contributed by atoms with Crippen molar-refractivity contribution < 1.29 is 9.53 Å². The number of benzene rings is 1. The lowest BCUT2D eigenvalue weighted by Gasteiger charge is -2.16. The number of rotatable bonds is 1. The van der Waals surface area contributed by atoms with Crippen LogP contribution < -0.4 is 16.0 Å². The number of aromatic nitrogens is 6. The Morgan fingerprint density at radius 3 is 2.93 bits per heavy atom. The van der Waals surface area contributed by atoms with Crippen LogP contribution in [0.15, 0.2) is 24.4 Å². The zero-order chi connectivity index (χ0) is 20.8. The van der Waals surface area contributed by atoms with Gasteiger partial charge in [0.2, 0.25) is 0 Å². The Balaban J connectivity index is 1.72. The third-order valence-corrected chi connectivity index (χ3v) is 4.89. The Labute approximate surface area is 171 Å². The number of fused-ring (bicyclic) bond motifs is 5. The molecule has 0 fully saturated rings. The molecule has 0 radical (unpaired) electrons. The Bertz CT molecular complexity index is 1280. The third kappa shape index (κ3) is 3.08. The molecule has 4 heterocycles. The van der Waals surface area contributed by atoms with Gasteiger partial charge in [-0.2, -0.15) is 15.0 Å². The van der Waals surface area contributed by atoms with Gasteiger partial charge in [0, 0.05) is 26.2 Å². The first kappa shape index (κ1) is 18.3. The van der Waals surface area contributed by atoms with Crippen LogP contribution in [0.2, 0.25) is 0 Å². The SMILES string of the molecule is CNc1cc2nn3c(cnc13)C(=O)N[C@H](C)COCc1cc(c3nn(C)nc3c1)N2. The van der Waals surface area contributed by atoms with E-state index in [9.17, 15) is 4.79 Å². The maximum atomic E-state index is 12.8. The fourth-order valence-electron chi connectivity index (χ4n) is 3.56. The third-order valence-electron chi connectivity index (χ3n) is 4.89. The van der Waals surface area contributed by atoms with Crippen LogP contribution in [0.4, 0.5) is 17.2 Å². The number of amides is 1. The normalized spacial score (nSPS) is 17.0. The van der Waals surface area contributed by atoms with E-state index in [0.717, 1.165) is 28.0 Å². The van der Waals surface area contributed by atoms with Crippen LogP contribution in [-0.2, 0) is 18.4 Å². The van der Waals surface area contributed by atoms with E-state index in [1.165, 1.54) is 15.5 Å². The number of ether oxygens (including phenoxy) is 1. The summed E-state index contributed by atoms with van der Waals surface area (Å²) in [7, 11) is 3.58. The number of hydrogen-bond donors (Lipinski definition) is 3. The summed E-state index contributed by atoms with van der Waals surface area (Å²) >= 11 is 0. The first-order valence-electron chi connectivity index (χ1n) is 9.58. The first-order valence-corrected chi connectivity index (χ1v) is 9.58. The summed E-state index contributed by atoms with van der Waals surface area (Å²) in [5, 5.41) is 22.9. The van der Waals surface area contributed by atoms with Gasteiger partial charge in [-0.1, -0.05) is 0 Å². The minimum Gasteiger partial charge on any atom is -0.385 e. The summed E-state index contributed by atoms with van der Waals surface area (Å²) in [6.45, 7) is 2.64. The Hall–Kier alpha value is -3.73. The van der Waals surface area contributed by atoms with Gasteiger partial charge in [0.15, 0.2) is 17.2 Å². The lowest BCUT2D eigenvalue weighted by Crippen LogP contribution is -2.36. The van der Waals surface area contributed by atoms with E-state index in [0.29, 0.717) is 30.4 Å². The van der Waals surface area contributed by atoms with E-state index >= 15 is 0 Å². The maximum Gasteiger partial charge on any atom is 0.271 e. The van der Waals surface area contributed by atoms with Gasteiger partial charge in [-0.15, -0.1) is 5.10 Å². The Kier molecular flexibility index (Phi) is 4.24. The number of nitrogens with zero attached hydrogens (tertiary/aromatic N) is 6. The summed E-state index contributed by atoms with van der Waals surface area (Å²) in [6.07, 6.45) is 1.52. The van der Waals surface area contributed by atoms with Crippen LogP contribution in [0.5, 0.6) is 0 Å². The molecule has 30 heavy (non-hydrogen) atoms. The molecule has 0 saturated heterocycles. The molecule has 1 amide bonds. The van der Waals surface area contributed by atoms with Crippen molar-refractivity contribution in [3.8, 4) is 0 Å². The van der Waals surface area contributed by atoms with Crippen LogP contribution in [0, 0.1) is 0 Å². The molecule has 1 aliphatic heterocycles. The predicted octanol–water partition coefficient (Wildman–Crippen LogP) is 1.44. The van der Waals surface area contributed by atoms with Crippen molar-refractivity contribution in [1.29, 1.82) is 0 Å². The minimum atomic E-state index is -0.266. The van der Waals surface area contributed by atoms with Gasteiger partial charge in [-0.3, -0.25) is 4.79 Å². The molecule has 11 heteroatoms. The van der Waals surface area contributed by atoms with Crippen molar-refractivity contribution in [3.63, 3.8) is 0 Å². The average Bonchev–Trinajstić information content (AvgIpc) is 3.29. The number of nitrogens with one attached hydrogen (secondary N) is 3. The fourth-order valence-corrected chi connectivity index (χ4v) is 3.56. The summed E-state index contributed by atoms with van der Waals surface area (Å²) in [5.74, 6) is 0.270. The van der Waals surface area contributed by atoms with Gasteiger partial charge < -0.3 is 20.7 Å². The fraction of sp³-hybridized carbons (Fsp3) is 0.316. The zero-order valence-electron chi connectivity index (χ0n) is 16.8. The van der Waals surface area contributed by atoms with E-state index in [-0.39, 0.29) is 11.9 Å². The highest BCUT2D eigenvalue weighted by molar-refractivity contribution is 5.94. The summed E-state index contributed by atoms with van der Waals surface area (Å²) < 4.78 is 7.36. The second kappa shape index (κ2) is 6.95. The highest BCUT2D eigenvalue weighted by atomic mass is 16.5. The molecular formula is C19H21N9O2. The first-order chi connectivity index (χ1) is 14.5. The number of carbonyl (C=O) groups excluding carboxylic acids is 1. The molecule has 1 aliphatic rings. The summed E-state index contributed by atoms with van der Waals surface area (Å²) in [5.41, 5.74) is 4.81. The predicted molar refractivity (Wildman–Crippen MR) is 111 cm³/mol. The van der Waals surface area contributed by atoms with Gasteiger partial charge in [-0.05, 0) is 24.6 Å². The number of aryl methyl sites for hydroxylation is 1. The standard InChI is InChI=1S/C19H21N9O2/c1-10-8-30-9-11-4-12(17-13(5-11)24-27(3)26-17)23-16-6-14(20-2)18-21-7-15(19(29)22-10)28(18)25-16/h4-7,10,20H,8-9H2,1-3H3,(H,22,29)(H,23,25)/t10-/m1/s1. The molecule has 11 nitrogen and oxygen atoms in total. The van der Waals surface area contributed by atoms with Crippen LogP contribution >= 0.6 is 0 Å². The zero-order valence-corrected chi connectivity index (χ0v) is 16.8. The molecule has 0 unspecified atom stereocenters. The van der Waals surface area contributed by atoms with Crippen LogP contribution in [0.1, 0.15) is 23.0 Å². The van der Waals surface area contributed by atoms with Crippen molar-refractivity contribution >= 4 is 39.8 Å². The van der Waals surface area contributed by atoms with Crippen LogP contribution in [0.25, 0.3) is 16.7 Å². The van der Waals surface area contributed by atoms with Gasteiger partial charge >= 0.3 is 0 Å². The van der Waals surface area contributed by atoms with Crippen molar-refractivity contribution in [2.75, 3.05) is 24.3 Å². The average molecular weight is 407 g/mol. The lowest BCUT2D eigenvalue weighted by atomic mass is 10.1. The van der Waals surface area contributed by atoms with Crippen molar-refractivity contribution in [2.24, 2.45) is 7.05 Å². The molecule has 0 aliphatic carbocycles. The number of imidazole rings is 1. The molecule has 5 rings (SSSR count). The van der Waals surface area contributed by atoms with E-state index in [1.807, 2.05) is 25.1 Å². The van der Waals surface area contributed by atoms with E-state index in [2.05, 4.69) is 36.2 Å². The second-order valence-corrected chi connectivity index (χ2v) is 7.29. The van der Waals surface area contributed by atoms with Crippen LogP contribution in [0.3, 0.4) is 0 Å². The molecule has 3 N–H and O–H groups in total. The van der Waals surface area contributed by atoms with Crippen molar-refractivity contribution in [2.45, 2.75) is 19.6 Å². The van der Waals surface area contributed by atoms with Crippen molar-refractivity contribution in [3.05, 3.63) is 35.7 Å². The molecule has 4 bridgehead atoms. The minimum absolute atomic E-state index is 0.184. The highest BCUT2D eigenvalue weighted by Crippen LogP contribution is 2.28. The molecule has 0 spiro atoms.